The summed E-state index contributed by atoms with van der Waals surface area (Å²) in [5.41, 5.74) is 11.5. The third-order valence-corrected chi connectivity index (χ3v) is 6.10. The zero-order valence-electron chi connectivity index (χ0n) is 14.7. The van der Waals surface area contributed by atoms with E-state index in [9.17, 15) is 0 Å². The van der Waals surface area contributed by atoms with Gasteiger partial charge in [-0.05, 0) is 48.7 Å². The fourth-order valence-corrected chi connectivity index (χ4v) is 4.36. The highest BCUT2D eigenvalue weighted by Gasteiger charge is 2.43. The van der Waals surface area contributed by atoms with Gasteiger partial charge >= 0.3 is 0 Å². The first-order chi connectivity index (χ1) is 12.2. The molecular weight excluding hydrogens is 308 g/mol. The quantitative estimate of drug-likeness (QED) is 0.788. The van der Waals surface area contributed by atoms with Gasteiger partial charge in [0.15, 0.2) is 0 Å². The van der Waals surface area contributed by atoms with E-state index in [1.54, 1.807) is 0 Å². The Morgan fingerprint density at radius 3 is 2.76 bits per heavy atom. The molecule has 3 nitrogen and oxygen atoms in total. The molecule has 2 N–H and O–H groups in total. The number of hydrogen-bond acceptors (Lipinski definition) is 3. The first kappa shape index (κ1) is 15.2. The van der Waals surface area contributed by atoms with Crippen LogP contribution in [0.1, 0.15) is 41.2 Å². The molecule has 25 heavy (non-hydrogen) atoms. The maximum Gasteiger partial charge on any atom is 0.134 e. The Bertz CT molecular complexity index is 905. The number of furan rings is 1. The second-order valence-corrected chi connectivity index (χ2v) is 7.83. The van der Waals surface area contributed by atoms with Crippen molar-refractivity contribution in [3.8, 4) is 0 Å². The van der Waals surface area contributed by atoms with E-state index in [1.807, 2.05) is 12.1 Å². The summed E-state index contributed by atoms with van der Waals surface area (Å²) in [6.07, 6.45) is 2.45. The number of rotatable bonds is 3. The lowest BCUT2D eigenvalue weighted by Crippen LogP contribution is -2.31. The SMILES string of the molecule is CN1Cc2cc(C3(CN)CC3)ccc2C(c2cc3ccccc3o2)C1. The summed E-state index contributed by atoms with van der Waals surface area (Å²) in [6, 6.07) is 17.5. The molecule has 1 aromatic heterocycles. The highest BCUT2D eigenvalue weighted by molar-refractivity contribution is 5.78. The van der Waals surface area contributed by atoms with Gasteiger partial charge in [-0.15, -0.1) is 0 Å². The molecule has 0 spiro atoms. The molecule has 128 valence electrons. The minimum Gasteiger partial charge on any atom is -0.460 e. The number of likely N-dealkylation sites (N-methyl/N-ethyl adjacent to an activating group) is 1. The molecule has 3 heteroatoms. The van der Waals surface area contributed by atoms with Crippen molar-refractivity contribution < 1.29 is 4.42 Å². The minimum absolute atomic E-state index is 0.250. The van der Waals surface area contributed by atoms with Gasteiger partial charge in [0.25, 0.3) is 0 Å². The lowest BCUT2D eigenvalue weighted by Gasteiger charge is -2.32. The van der Waals surface area contributed by atoms with Gasteiger partial charge in [0, 0.05) is 30.4 Å². The van der Waals surface area contributed by atoms with Crippen LogP contribution in [-0.2, 0) is 12.0 Å². The Hall–Kier alpha value is -2.10. The van der Waals surface area contributed by atoms with Gasteiger partial charge in [0.05, 0.1) is 5.92 Å². The molecule has 1 aliphatic heterocycles. The van der Waals surface area contributed by atoms with E-state index in [1.165, 1.54) is 34.9 Å². The van der Waals surface area contributed by atoms with Crippen molar-refractivity contribution in [2.24, 2.45) is 5.73 Å². The van der Waals surface area contributed by atoms with Crippen LogP contribution in [0, 0.1) is 0 Å². The van der Waals surface area contributed by atoms with Crippen molar-refractivity contribution in [1.82, 2.24) is 4.90 Å². The van der Waals surface area contributed by atoms with Gasteiger partial charge in [-0.1, -0.05) is 36.4 Å². The van der Waals surface area contributed by atoms with E-state index < -0.39 is 0 Å². The predicted octanol–water partition coefficient (Wildman–Crippen LogP) is 4.00. The van der Waals surface area contributed by atoms with Crippen LogP contribution >= 0.6 is 0 Å². The van der Waals surface area contributed by atoms with Crippen molar-refractivity contribution >= 4 is 11.0 Å². The number of fused-ring (bicyclic) bond motifs is 2. The highest BCUT2D eigenvalue weighted by atomic mass is 16.3. The Labute approximate surface area is 148 Å². The van der Waals surface area contributed by atoms with Crippen LogP contribution in [0.2, 0.25) is 0 Å². The van der Waals surface area contributed by atoms with Crippen molar-refractivity contribution in [2.45, 2.75) is 30.7 Å². The summed E-state index contributed by atoms with van der Waals surface area (Å²) in [7, 11) is 2.20. The first-order valence-corrected chi connectivity index (χ1v) is 9.19. The monoisotopic (exact) mass is 332 g/mol. The third-order valence-electron chi connectivity index (χ3n) is 6.10. The fourth-order valence-electron chi connectivity index (χ4n) is 4.36. The molecule has 2 aromatic carbocycles. The molecule has 5 rings (SSSR count). The smallest absolute Gasteiger partial charge is 0.134 e. The van der Waals surface area contributed by atoms with E-state index in [-0.39, 0.29) is 5.41 Å². The lowest BCUT2D eigenvalue weighted by atomic mass is 9.84. The summed E-state index contributed by atoms with van der Waals surface area (Å²) in [4.78, 5) is 2.39. The summed E-state index contributed by atoms with van der Waals surface area (Å²) in [6.45, 7) is 2.75. The van der Waals surface area contributed by atoms with Gasteiger partial charge in [-0.2, -0.15) is 0 Å². The summed E-state index contributed by atoms with van der Waals surface area (Å²) in [5.74, 6) is 1.37. The van der Waals surface area contributed by atoms with E-state index in [0.717, 1.165) is 31.0 Å². The van der Waals surface area contributed by atoms with Crippen molar-refractivity contribution in [2.75, 3.05) is 20.1 Å². The van der Waals surface area contributed by atoms with Crippen molar-refractivity contribution in [1.29, 1.82) is 0 Å². The zero-order chi connectivity index (χ0) is 17.0. The molecular formula is C22H24N2O. The predicted molar refractivity (Wildman–Crippen MR) is 101 cm³/mol. The standard InChI is InChI=1S/C22H24N2O/c1-24-12-16-10-17(22(14-23)8-9-22)6-7-18(16)19(13-24)21-11-15-4-2-3-5-20(15)25-21/h2-7,10-11,19H,8-9,12-14,23H2,1H3. The molecule has 1 saturated carbocycles. The minimum atomic E-state index is 0.250. The number of hydrogen-bond donors (Lipinski definition) is 1. The zero-order valence-corrected chi connectivity index (χ0v) is 14.7. The Morgan fingerprint density at radius 2 is 2.00 bits per heavy atom. The second-order valence-electron chi connectivity index (χ2n) is 7.83. The molecule has 1 unspecified atom stereocenters. The maximum atomic E-state index is 6.20. The molecule has 3 aromatic rings. The number of benzene rings is 2. The highest BCUT2D eigenvalue weighted by Crippen LogP contribution is 2.48. The fraction of sp³-hybridized carbons (Fsp3) is 0.364. The normalized spacial score (nSPS) is 22.1. The molecule has 0 saturated heterocycles. The molecule has 2 aliphatic rings. The van der Waals surface area contributed by atoms with Crippen LogP contribution in [0.15, 0.2) is 52.9 Å². The van der Waals surface area contributed by atoms with Crippen LogP contribution in [0.25, 0.3) is 11.0 Å². The Balaban J connectivity index is 1.58. The van der Waals surface area contributed by atoms with E-state index >= 15 is 0 Å². The lowest BCUT2D eigenvalue weighted by molar-refractivity contribution is 0.282. The van der Waals surface area contributed by atoms with Gasteiger partial charge in [0.2, 0.25) is 0 Å². The van der Waals surface area contributed by atoms with Gasteiger partial charge < -0.3 is 15.1 Å². The van der Waals surface area contributed by atoms with Crippen molar-refractivity contribution in [3.63, 3.8) is 0 Å². The summed E-state index contributed by atoms with van der Waals surface area (Å²) >= 11 is 0. The van der Waals surface area contributed by atoms with Crippen molar-refractivity contribution in [3.05, 3.63) is 71.0 Å². The van der Waals surface area contributed by atoms with E-state index in [0.29, 0.717) is 5.92 Å². The largest absolute Gasteiger partial charge is 0.460 e. The molecule has 0 radical (unpaired) electrons. The van der Waals surface area contributed by atoms with Gasteiger partial charge in [-0.25, -0.2) is 0 Å². The molecule has 1 aliphatic carbocycles. The summed E-state index contributed by atoms with van der Waals surface area (Å²) < 4.78 is 6.20. The first-order valence-electron chi connectivity index (χ1n) is 9.19. The molecule has 2 heterocycles. The van der Waals surface area contributed by atoms with Crippen LogP contribution in [0.5, 0.6) is 0 Å². The molecule has 0 amide bonds. The number of nitrogens with two attached hydrogens (primary N) is 1. The summed E-state index contributed by atoms with van der Waals surface area (Å²) in [5, 5.41) is 1.18. The van der Waals surface area contributed by atoms with Crippen LogP contribution in [-0.4, -0.2) is 25.0 Å². The Morgan fingerprint density at radius 1 is 1.16 bits per heavy atom. The van der Waals surface area contributed by atoms with E-state index in [2.05, 4.69) is 48.3 Å². The molecule has 1 atom stereocenters. The van der Waals surface area contributed by atoms with Gasteiger partial charge in [0.1, 0.15) is 11.3 Å². The number of para-hydroxylation sites is 1. The second kappa shape index (κ2) is 5.45. The van der Waals surface area contributed by atoms with E-state index in [4.69, 9.17) is 10.2 Å². The number of nitrogens with zero attached hydrogens (tertiary/aromatic N) is 1. The van der Waals surface area contributed by atoms with Crippen LogP contribution in [0.3, 0.4) is 0 Å². The Kier molecular flexibility index (Phi) is 3.31. The molecule has 0 bridgehead atoms. The van der Waals surface area contributed by atoms with Crippen LogP contribution < -0.4 is 5.73 Å². The maximum absolute atomic E-state index is 6.20. The third kappa shape index (κ3) is 2.42. The average Bonchev–Trinajstić information content (AvgIpc) is 3.32. The van der Waals surface area contributed by atoms with Crippen LogP contribution in [0.4, 0.5) is 0 Å². The average molecular weight is 332 g/mol. The van der Waals surface area contributed by atoms with Gasteiger partial charge in [-0.3, -0.25) is 0 Å². The topological polar surface area (TPSA) is 42.4 Å². The molecule has 1 fully saturated rings.